The van der Waals surface area contributed by atoms with Crippen molar-refractivity contribution in [2.24, 2.45) is 5.92 Å². The Labute approximate surface area is 145 Å². The van der Waals surface area contributed by atoms with E-state index < -0.39 is 0 Å². The van der Waals surface area contributed by atoms with Crippen molar-refractivity contribution < 1.29 is 4.79 Å². The molecule has 2 amide bonds. The number of rotatable bonds is 6. The molecule has 3 heterocycles. The van der Waals surface area contributed by atoms with Crippen molar-refractivity contribution in [1.82, 2.24) is 30.4 Å². The Kier molecular flexibility index (Phi) is 5.13. The summed E-state index contributed by atoms with van der Waals surface area (Å²) in [5, 5.41) is 15.6. The molecule has 3 rings (SSSR count). The lowest BCUT2D eigenvalue weighted by molar-refractivity contribution is 0.231. The number of thiazole rings is 1. The van der Waals surface area contributed by atoms with Crippen LogP contribution in [0.3, 0.4) is 0 Å². The maximum absolute atomic E-state index is 12.3. The van der Waals surface area contributed by atoms with Crippen LogP contribution in [0.25, 0.3) is 0 Å². The summed E-state index contributed by atoms with van der Waals surface area (Å²) in [4.78, 5) is 17.7. The highest BCUT2D eigenvalue weighted by Gasteiger charge is 2.27. The molecule has 0 aromatic carbocycles. The molecule has 24 heavy (non-hydrogen) atoms. The average molecular weight is 348 g/mol. The molecule has 2 N–H and O–H groups in total. The molecule has 2 aromatic heterocycles. The van der Waals surface area contributed by atoms with Gasteiger partial charge in [0.05, 0.1) is 11.0 Å². The zero-order chi connectivity index (χ0) is 17.1. The van der Waals surface area contributed by atoms with Crippen LogP contribution in [0.15, 0.2) is 6.20 Å². The predicted molar refractivity (Wildman–Crippen MR) is 93.0 cm³/mol. The molecule has 0 unspecified atom stereocenters. The molecule has 8 heteroatoms. The first-order chi connectivity index (χ1) is 11.5. The van der Waals surface area contributed by atoms with E-state index in [0.717, 1.165) is 42.5 Å². The Balaban J connectivity index is 1.56. The van der Waals surface area contributed by atoms with Gasteiger partial charge in [0, 0.05) is 37.0 Å². The predicted octanol–water partition coefficient (Wildman–Crippen LogP) is 2.23. The Morgan fingerprint density at radius 1 is 1.42 bits per heavy atom. The van der Waals surface area contributed by atoms with E-state index in [1.807, 2.05) is 13.1 Å². The number of hydrogen-bond acceptors (Lipinski definition) is 5. The van der Waals surface area contributed by atoms with Gasteiger partial charge in [-0.15, -0.1) is 21.5 Å². The Hall–Kier alpha value is -1.96. The highest BCUT2D eigenvalue weighted by Crippen LogP contribution is 2.24. The van der Waals surface area contributed by atoms with Gasteiger partial charge < -0.3 is 15.2 Å². The fourth-order valence-electron chi connectivity index (χ4n) is 2.92. The monoisotopic (exact) mass is 348 g/mol. The topological polar surface area (TPSA) is 84.7 Å². The molecule has 130 valence electrons. The van der Waals surface area contributed by atoms with Gasteiger partial charge in [-0.2, -0.15) is 0 Å². The minimum Gasteiger partial charge on any atom is -0.338 e. The molecule has 0 spiro atoms. The van der Waals surface area contributed by atoms with Crippen LogP contribution in [0, 0.1) is 12.8 Å². The summed E-state index contributed by atoms with van der Waals surface area (Å²) in [6, 6.07) is -0.302. The second-order valence-electron chi connectivity index (χ2n) is 6.47. The number of amides is 2. The molecule has 0 fully saturated rings. The SMILES string of the molecule is Cc1cnc(CCNC(=O)N[C@@H](c2nnc3n2CCC3)C(C)C)s1. The van der Waals surface area contributed by atoms with Crippen LogP contribution >= 0.6 is 11.3 Å². The lowest BCUT2D eigenvalue weighted by Gasteiger charge is -2.22. The van der Waals surface area contributed by atoms with E-state index in [2.05, 4.69) is 44.2 Å². The van der Waals surface area contributed by atoms with Gasteiger partial charge in [0.15, 0.2) is 5.82 Å². The third-order valence-corrected chi connectivity index (χ3v) is 5.14. The molecule has 0 aliphatic carbocycles. The van der Waals surface area contributed by atoms with Crippen molar-refractivity contribution >= 4 is 17.4 Å². The molecule has 1 aliphatic rings. The Morgan fingerprint density at radius 3 is 2.96 bits per heavy atom. The van der Waals surface area contributed by atoms with Crippen LogP contribution in [-0.2, 0) is 19.4 Å². The Bertz CT molecular complexity index is 707. The minimum absolute atomic E-state index is 0.133. The number of nitrogens with one attached hydrogen (secondary N) is 2. The van der Waals surface area contributed by atoms with Crippen LogP contribution in [0.1, 0.15) is 47.8 Å². The second kappa shape index (κ2) is 7.29. The first-order valence-corrected chi connectivity index (χ1v) is 9.24. The van der Waals surface area contributed by atoms with Gasteiger partial charge in [-0.25, -0.2) is 9.78 Å². The zero-order valence-electron chi connectivity index (χ0n) is 14.4. The molecule has 0 saturated heterocycles. The summed E-state index contributed by atoms with van der Waals surface area (Å²) in [5.74, 6) is 2.13. The van der Waals surface area contributed by atoms with Gasteiger partial charge in [0.1, 0.15) is 5.82 Å². The molecule has 1 atom stereocenters. The van der Waals surface area contributed by atoms with Gasteiger partial charge in [-0.05, 0) is 19.3 Å². The first kappa shape index (κ1) is 16.9. The van der Waals surface area contributed by atoms with Gasteiger partial charge in [0.2, 0.25) is 0 Å². The van der Waals surface area contributed by atoms with E-state index >= 15 is 0 Å². The molecular formula is C16H24N6OS. The summed E-state index contributed by atoms with van der Waals surface area (Å²) < 4.78 is 2.14. The normalized spacial score (nSPS) is 14.7. The van der Waals surface area contributed by atoms with Gasteiger partial charge in [-0.1, -0.05) is 13.8 Å². The number of hydrogen-bond donors (Lipinski definition) is 2. The minimum atomic E-state index is -0.169. The molecule has 0 saturated carbocycles. The maximum atomic E-state index is 12.3. The van der Waals surface area contributed by atoms with Crippen molar-refractivity contribution in [3.8, 4) is 0 Å². The van der Waals surface area contributed by atoms with E-state index in [9.17, 15) is 4.79 Å². The van der Waals surface area contributed by atoms with Crippen molar-refractivity contribution in [3.63, 3.8) is 0 Å². The average Bonchev–Trinajstić information content (AvgIpc) is 3.22. The molecule has 7 nitrogen and oxygen atoms in total. The van der Waals surface area contributed by atoms with E-state index in [0.29, 0.717) is 6.54 Å². The number of urea groups is 1. The van der Waals surface area contributed by atoms with Crippen LogP contribution < -0.4 is 10.6 Å². The van der Waals surface area contributed by atoms with Crippen LogP contribution in [0.5, 0.6) is 0 Å². The van der Waals surface area contributed by atoms with E-state index in [4.69, 9.17) is 0 Å². The van der Waals surface area contributed by atoms with Crippen LogP contribution in [0.2, 0.25) is 0 Å². The highest BCUT2D eigenvalue weighted by molar-refractivity contribution is 7.11. The van der Waals surface area contributed by atoms with Gasteiger partial charge in [-0.3, -0.25) is 0 Å². The smallest absolute Gasteiger partial charge is 0.315 e. The molecule has 2 aromatic rings. The number of aryl methyl sites for hydroxylation is 2. The second-order valence-corrected chi connectivity index (χ2v) is 7.79. The van der Waals surface area contributed by atoms with Crippen molar-refractivity contribution in [2.75, 3.05) is 6.54 Å². The fourth-order valence-corrected chi connectivity index (χ4v) is 3.71. The highest BCUT2D eigenvalue weighted by atomic mass is 32.1. The van der Waals surface area contributed by atoms with Crippen LogP contribution in [0.4, 0.5) is 4.79 Å². The largest absolute Gasteiger partial charge is 0.338 e. The number of carbonyl (C=O) groups is 1. The van der Waals surface area contributed by atoms with E-state index in [1.165, 1.54) is 4.88 Å². The number of carbonyl (C=O) groups excluding carboxylic acids is 1. The summed E-state index contributed by atoms with van der Waals surface area (Å²) in [7, 11) is 0. The summed E-state index contributed by atoms with van der Waals surface area (Å²) in [5.41, 5.74) is 0. The summed E-state index contributed by atoms with van der Waals surface area (Å²) in [6.45, 7) is 7.71. The fraction of sp³-hybridized carbons (Fsp3) is 0.625. The quantitative estimate of drug-likeness (QED) is 0.838. The lowest BCUT2D eigenvalue weighted by atomic mass is 10.0. The molecule has 0 radical (unpaired) electrons. The first-order valence-electron chi connectivity index (χ1n) is 8.42. The summed E-state index contributed by atoms with van der Waals surface area (Å²) in [6.07, 6.45) is 4.68. The lowest BCUT2D eigenvalue weighted by Crippen LogP contribution is -2.41. The third kappa shape index (κ3) is 3.75. The molecule has 1 aliphatic heterocycles. The molecule has 0 bridgehead atoms. The van der Waals surface area contributed by atoms with Gasteiger partial charge in [0.25, 0.3) is 0 Å². The van der Waals surface area contributed by atoms with E-state index in [1.54, 1.807) is 11.3 Å². The maximum Gasteiger partial charge on any atom is 0.315 e. The molecular weight excluding hydrogens is 324 g/mol. The van der Waals surface area contributed by atoms with Crippen LogP contribution in [-0.4, -0.2) is 32.3 Å². The summed E-state index contributed by atoms with van der Waals surface area (Å²) >= 11 is 1.67. The standard InChI is InChI=1S/C16H24N6OS/c1-10(2)14(15-21-20-12-5-4-8-22(12)15)19-16(23)17-7-6-13-18-9-11(3)24-13/h9-10,14H,4-8H2,1-3H3,(H2,17,19,23)/t14-/m1/s1. The van der Waals surface area contributed by atoms with Crippen molar-refractivity contribution in [2.45, 2.75) is 52.6 Å². The number of nitrogens with zero attached hydrogens (tertiary/aromatic N) is 4. The Morgan fingerprint density at radius 2 is 2.25 bits per heavy atom. The van der Waals surface area contributed by atoms with Crippen molar-refractivity contribution in [3.05, 3.63) is 27.7 Å². The van der Waals surface area contributed by atoms with Crippen molar-refractivity contribution in [1.29, 1.82) is 0 Å². The zero-order valence-corrected chi connectivity index (χ0v) is 15.2. The van der Waals surface area contributed by atoms with Gasteiger partial charge >= 0.3 is 6.03 Å². The number of fused-ring (bicyclic) bond motifs is 1. The third-order valence-electron chi connectivity index (χ3n) is 4.16. The van der Waals surface area contributed by atoms with E-state index in [-0.39, 0.29) is 18.0 Å². The number of aromatic nitrogens is 4.